The number of nitrogens with zero attached hydrogens (tertiary/aromatic N) is 4. The number of hydrogen-bond acceptors (Lipinski definition) is 6. The highest BCUT2D eigenvalue weighted by Crippen LogP contribution is 2.18. The van der Waals surface area contributed by atoms with Crippen molar-refractivity contribution in [2.24, 2.45) is 5.73 Å². The lowest BCUT2D eigenvalue weighted by Gasteiger charge is -2.35. The second-order valence-corrected chi connectivity index (χ2v) is 6.77. The molecule has 6 nitrogen and oxygen atoms in total. The van der Waals surface area contributed by atoms with Gasteiger partial charge < -0.3 is 5.73 Å². The SMILES string of the molecule is CCc1nn2c(=O)cc(CN3CCC(N)CC3C)nc2s1. The second kappa shape index (κ2) is 5.82. The highest BCUT2D eigenvalue weighted by Gasteiger charge is 2.23. The third-order valence-corrected chi connectivity index (χ3v) is 5.11. The molecule has 0 radical (unpaired) electrons. The van der Waals surface area contributed by atoms with Gasteiger partial charge in [-0.05, 0) is 26.2 Å². The minimum Gasteiger partial charge on any atom is -0.328 e. The largest absolute Gasteiger partial charge is 0.328 e. The second-order valence-electron chi connectivity index (χ2n) is 5.73. The van der Waals surface area contributed by atoms with E-state index in [-0.39, 0.29) is 5.56 Å². The Labute approximate surface area is 127 Å². The van der Waals surface area contributed by atoms with Gasteiger partial charge in [-0.3, -0.25) is 9.69 Å². The first kappa shape index (κ1) is 14.6. The first-order valence-electron chi connectivity index (χ1n) is 7.45. The van der Waals surface area contributed by atoms with Gasteiger partial charge in [0, 0.05) is 31.2 Å². The number of piperidine rings is 1. The molecule has 0 spiro atoms. The average Bonchev–Trinajstić information content (AvgIpc) is 2.86. The molecule has 2 aromatic rings. The van der Waals surface area contributed by atoms with Crippen LogP contribution in [0.5, 0.6) is 0 Å². The summed E-state index contributed by atoms with van der Waals surface area (Å²) in [5.74, 6) is 0. The number of aryl methyl sites for hydroxylation is 1. The third kappa shape index (κ3) is 3.00. The number of hydrogen-bond donors (Lipinski definition) is 1. The number of rotatable bonds is 3. The van der Waals surface area contributed by atoms with E-state index in [1.54, 1.807) is 6.07 Å². The van der Waals surface area contributed by atoms with Gasteiger partial charge in [0.2, 0.25) is 4.96 Å². The molecule has 1 aliphatic heterocycles. The zero-order valence-electron chi connectivity index (χ0n) is 12.5. The minimum atomic E-state index is -0.0905. The topological polar surface area (TPSA) is 76.5 Å². The van der Waals surface area contributed by atoms with Crippen LogP contribution in [-0.4, -0.2) is 38.1 Å². The van der Waals surface area contributed by atoms with E-state index in [2.05, 4.69) is 21.9 Å². The van der Waals surface area contributed by atoms with Crippen molar-refractivity contribution in [3.8, 4) is 0 Å². The van der Waals surface area contributed by atoms with Crippen molar-refractivity contribution in [2.45, 2.75) is 51.7 Å². The van der Waals surface area contributed by atoms with Crippen molar-refractivity contribution in [2.75, 3.05) is 6.54 Å². The summed E-state index contributed by atoms with van der Waals surface area (Å²) in [6.07, 6.45) is 2.83. The molecule has 0 bridgehead atoms. The molecule has 3 rings (SSSR count). The number of nitrogens with two attached hydrogens (primary N) is 1. The van der Waals surface area contributed by atoms with Crippen LogP contribution in [-0.2, 0) is 13.0 Å². The lowest BCUT2D eigenvalue weighted by molar-refractivity contribution is 0.138. The van der Waals surface area contributed by atoms with Crippen molar-refractivity contribution in [1.82, 2.24) is 19.5 Å². The highest BCUT2D eigenvalue weighted by atomic mass is 32.1. The van der Waals surface area contributed by atoms with E-state index in [4.69, 9.17) is 5.73 Å². The van der Waals surface area contributed by atoms with E-state index < -0.39 is 0 Å². The van der Waals surface area contributed by atoms with E-state index in [1.807, 2.05) is 6.92 Å². The molecule has 1 fully saturated rings. The maximum atomic E-state index is 12.1. The van der Waals surface area contributed by atoms with Crippen molar-refractivity contribution in [3.05, 3.63) is 27.1 Å². The van der Waals surface area contributed by atoms with E-state index in [0.29, 0.717) is 23.6 Å². The van der Waals surface area contributed by atoms with Crippen LogP contribution in [0, 0.1) is 0 Å². The summed E-state index contributed by atoms with van der Waals surface area (Å²) in [6, 6.07) is 2.33. The normalized spacial score (nSPS) is 23.8. The molecule has 114 valence electrons. The summed E-state index contributed by atoms with van der Waals surface area (Å²) < 4.78 is 1.41. The molecule has 2 atom stereocenters. The molecule has 7 heteroatoms. The molecule has 1 aliphatic rings. The van der Waals surface area contributed by atoms with Gasteiger partial charge in [-0.1, -0.05) is 18.3 Å². The Morgan fingerprint density at radius 3 is 3.05 bits per heavy atom. The molecule has 2 unspecified atom stereocenters. The molecular formula is C14H21N5OS. The fourth-order valence-corrected chi connectivity index (χ4v) is 3.68. The quantitative estimate of drug-likeness (QED) is 0.916. The Bertz CT molecular complexity index is 694. The molecular weight excluding hydrogens is 286 g/mol. The van der Waals surface area contributed by atoms with Crippen LogP contribution >= 0.6 is 11.3 Å². The number of likely N-dealkylation sites (tertiary alicyclic amines) is 1. The summed E-state index contributed by atoms with van der Waals surface area (Å²) >= 11 is 1.49. The lowest BCUT2D eigenvalue weighted by atomic mass is 9.99. The van der Waals surface area contributed by atoms with Gasteiger partial charge >= 0.3 is 0 Å². The summed E-state index contributed by atoms with van der Waals surface area (Å²) in [4.78, 5) is 19.8. The Morgan fingerprint density at radius 2 is 2.33 bits per heavy atom. The molecule has 2 aromatic heterocycles. The van der Waals surface area contributed by atoms with E-state index in [9.17, 15) is 4.79 Å². The number of aromatic nitrogens is 3. The molecule has 21 heavy (non-hydrogen) atoms. The fraction of sp³-hybridized carbons (Fsp3) is 0.643. The standard InChI is InChI=1S/C14H21N5OS/c1-3-12-17-19-13(20)7-11(16-14(19)21-12)8-18-5-4-10(15)6-9(18)2/h7,9-10H,3-6,8,15H2,1-2H3. The van der Waals surface area contributed by atoms with Gasteiger partial charge in [0.05, 0.1) is 5.69 Å². The van der Waals surface area contributed by atoms with Gasteiger partial charge in [0.1, 0.15) is 5.01 Å². The lowest BCUT2D eigenvalue weighted by Crippen LogP contribution is -2.45. The fourth-order valence-electron chi connectivity index (χ4n) is 2.82. The zero-order chi connectivity index (χ0) is 15.0. The Balaban J connectivity index is 1.85. The predicted octanol–water partition coefficient (Wildman–Crippen LogP) is 1.02. The van der Waals surface area contributed by atoms with Crippen LogP contribution < -0.4 is 11.3 Å². The molecule has 2 N–H and O–H groups in total. The number of fused-ring (bicyclic) bond motifs is 1. The van der Waals surface area contributed by atoms with Crippen LogP contribution in [0.15, 0.2) is 10.9 Å². The average molecular weight is 307 g/mol. The first-order valence-corrected chi connectivity index (χ1v) is 8.26. The van der Waals surface area contributed by atoms with Crippen molar-refractivity contribution in [3.63, 3.8) is 0 Å². The van der Waals surface area contributed by atoms with Gasteiger partial charge in [-0.2, -0.15) is 9.61 Å². The maximum absolute atomic E-state index is 12.1. The predicted molar refractivity (Wildman–Crippen MR) is 83.6 cm³/mol. The van der Waals surface area contributed by atoms with Crippen LogP contribution in [0.4, 0.5) is 0 Å². The molecule has 1 saturated heterocycles. The molecule has 0 aliphatic carbocycles. The van der Waals surface area contributed by atoms with Gasteiger partial charge in [0.15, 0.2) is 0 Å². The summed E-state index contributed by atoms with van der Waals surface area (Å²) in [6.45, 7) is 5.89. The summed E-state index contributed by atoms with van der Waals surface area (Å²) in [5, 5.41) is 5.21. The van der Waals surface area contributed by atoms with E-state index in [1.165, 1.54) is 15.9 Å². The molecule has 3 heterocycles. The minimum absolute atomic E-state index is 0.0905. The molecule has 0 aromatic carbocycles. The highest BCUT2D eigenvalue weighted by molar-refractivity contribution is 7.16. The van der Waals surface area contributed by atoms with Crippen LogP contribution in [0.2, 0.25) is 0 Å². The Kier molecular flexibility index (Phi) is 4.05. The molecule has 0 amide bonds. The van der Waals surface area contributed by atoms with Gasteiger partial charge in [-0.15, -0.1) is 0 Å². The van der Waals surface area contributed by atoms with Crippen LogP contribution in [0.3, 0.4) is 0 Å². The first-order chi connectivity index (χ1) is 10.1. The van der Waals surface area contributed by atoms with Gasteiger partial charge in [-0.25, -0.2) is 4.98 Å². The van der Waals surface area contributed by atoms with Crippen molar-refractivity contribution < 1.29 is 0 Å². The van der Waals surface area contributed by atoms with Crippen molar-refractivity contribution >= 4 is 16.3 Å². The maximum Gasteiger partial charge on any atom is 0.275 e. The third-order valence-electron chi connectivity index (χ3n) is 4.06. The van der Waals surface area contributed by atoms with Crippen molar-refractivity contribution in [1.29, 1.82) is 0 Å². The monoisotopic (exact) mass is 307 g/mol. The van der Waals surface area contributed by atoms with E-state index >= 15 is 0 Å². The Morgan fingerprint density at radius 1 is 1.52 bits per heavy atom. The van der Waals surface area contributed by atoms with Crippen LogP contribution in [0.25, 0.3) is 4.96 Å². The van der Waals surface area contributed by atoms with Crippen LogP contribution in [0.1, 0.15) is 37.4 Å². The van der Waals surface area contributed by atoms with E-state index in [0.717, 1.165) is 36.5 Å². The summed E-state index contributed by atoms with van der Waals surface area (Å²) in [7, 11) is 0. The smallest absolute Gasteiger partial charge is 0.275 e. The Hall–Kier alpha value is -1.31. The van der Waals surface area contributed by atoms with Gasteiger partial charge in [0.25, 0.3) is 5.56 Å². The summed E-state index contributed by atoms with van der Waals surface area (Å²) in [5.41, 5.74) is 6.73. The molecule has 0 saturated carbocycles. The zero-order valence-corrected chi connectivity index (χ0v) is 13.3.